The van der Waals surface area contributed by atoms with Gasteiger partial charge in [-0.1, -0.05) is 26.0 Å². The highest BCUT2D eigenvalue weighted by Crippen LogP contribution is 2.62. The third-order valence-corrected chi connectivity index (χ3v) is 5.83. The number of fused-ring (bicyclic) bond motifs is 2. The van der Waals surface area contributed by atoms with Gasteiger partial charge in [-0.2, -0.15) is 0 Å². The number of aliphatic hydroxyl groups is 2. The number of anilines is 1. The second-order valence-electron chi connectivity index (χ2n) is 7.10. The predicted octanol–water partition coefficient (Wildman–Crippen LogP) is 2.27. The Morgan fingerprint density at radius 2 is 2.00 bits per heavy atom. The molecule has 3 N–H and O–H groups in total. The highest BCUT2D eigenvalue weighted by atomic mass is 16.5. The van der Waals surface area contributed by atoms with Crippen LogP contribution < -0.4 is 10.1 Å². The third-order valence-electron chi connectivity index (χ3n) is 5.83. The van der Waals surface area contributed by atoms with Gasteiger partial charge in [0.15, 0.2) is 0 Å². The first-order chi connectivity index (χ1) is 9.89. The Labute approximate surface area is 126 Å². The summed E-state index contributed by atoms with van der Waals surface area (Å²) in [5, 5.41) is 24.7. The zero-order valence-electron chi connectivity index (χ0n) is 13.0. The van der Waals surface area contributed by atoms with Gasteiger partial charge in [-0.25, -0.2) is 0 Å². The first-order valence-corrected chi connectivity index (χ1v) is 7.67. The summed E-state index contributed by atoms with van der Waals surface area (Å²) in [7, 11) is 1.63. The largest absolute Gasteiger partial charge is 0.495 e. The minimum atomic E-state index is -1.07. The zero-order valence-corrected chi connectivity index (χ0v) is 13.0. The van der Waals surface area contributed by atoms with Gasteiger partial charge in [0.05, 0.1) is 18.9 Å². The van der Waals surface area contributed by atoms with Gasteiger partial charge >= 0.3 is 0 Å². The van der Waals surface area contributed by atoms with Crippen molar-refractivity contribution in [3.05, 3.63) is 24.3 Å². The molecular formula is C17H25NO3. The van der Waals surface area contributed by atoms with E-state index in [9.17, 15) is 10.2 Å². The van der Waals surface area contributed by atoms with Crippen LogP contribution in [0.5, 0.6) is 5.75 Å². The molecule has 1 aromatic carbocycles. The van der Waals surface area contributed by atoms with E-state index in [1.54, 1.807) is 7.11 Å². The number of aliphatic hydroxyl groups excluding tert-OH is 1. The van der Waals surface area contributed by atoms with E-state index in [4.69, 9.17) is 4.74 Å². The molecule has 0 unspecified atom stereocenters. The molecular weight excluding hydrogens is 266 g/mol. The Kier molecular flexibility index (Phi) is 3.41. The number of methoxy groups -OCH3 is 1. The van der Waals surface area contributed by atoms with E-state index in [0.29, 0.717) is 18.9 Å². The van der Waals surface area contributed by atoms with Crippen molar-refractivity contribution in [2.45, 2.75) is 38.4 Å². The molecule has 3 fully saturated rings. The lowest BCUT2D eigenvalue weighted by Crippen LogP contribution is -2.69. The van der Waals surface area contributed by atoms with E-state index in [1.165, 1.54) is 0 Å². The Morgan fingerprint density at radius 1 is 1.29 bits per heavy atom. The maximum absolute atomic E-state index is 11.1. The molecule has 1 aromatic rings. The molecule has 4 nitrogen and oxygen atoms in total. The number of rotatable bonds is 4. The Morgan fingerprint density at radius 3 is 2.67 bits per heavy atom. The first kappa shape index (κ1) is 14.7. The van der Waals surface area contributed by atoms with E-state index < -0.39 is 11.7 Å². The van der Waals surface area contributed by atoms with E-state index >= 15 is 0 Å². The quantitative estimate of drug-likeness (QED) is 0.796. The molecule has 0 saturated heterocycles. The summed E-state index contributed by atoms with van der Waals surface area (Å²) in [5.41, 5.74) is -0.116. The van der Waals surface area contributed by atoms with Crippen molar-refractivity contribution >= 4 is 5.69 Å². The van der Waals surface area contributed by atoms with E-state index in [0.717, 1.165) is 17.9 Å². The molecule has 21 heavy (non-hydrogen) atoms. The summed E-state index contributed by atoms with van der Waals surface area (Å²) < 4.78 is 5.32. The fourth-order valence-corrected chi connectivity index (χ4v) is 4.24. The molecule has 0 spiro atoms. The number of benzene rings is 1. The maximum Gasteiger partial charge on any atom is 0.141 e. The van der Waals surface area contributed by atoms with Gasteiger partial charge in [0, 0.05) is 6.54 Å². The lowest BCUT2D eigenvalue weighted by Gasteiger charge is -2.65. The topological polar surface area (TPSA) is 61.7 Å². The normalized spacial score (nSPS) is 36.7. The molecule has 4 heteroatoms. The average Bonchev–Trinajstić information content (AvgIpc) is 2.47. The molecule has 0 heterocycles. The van der Waals surface area contributed by atoms with Gasteiger partial charge in [0.25, 0.3) is 0 Å². The number of nitrogens with one attached hydrogen (secondary N) is 1. The lowest BCUT2D eigenvalue weighted by atomic mass is 9.43. The summed E-state index contributed by atoms with van der Waals surface area (Å²) >= 11 is 0. The molecule has 3 saturated carbocycles. The summed E-state index contributed by atoms with van der Waals surface area (Å²) in [6.07, 6.45) is 1.04. The Bertz CT molecular complexity index is 531. The summed E-state index contributed by atoms with van der Waals surface area (Å²) in [4.78, 5) is 0. The predicted molar refractivity (Wildman–Crippen MR) is 82.4 cm³/mol. The molecule has 4 atom stereocenters. The van der Waals surface area contributed by atoms with Crippen LogP contribution in [0, 0.1) is 17.3 Å². The van der Waals surface area contributed by atoms with Crippen LogP contribution in [-0.2, 0) is 0 Å². The van der Waals surface area contributed by atoms with Crippen LogP contribution in [0.25, 0.3) is 0 Å². The van der Waals surface area contributed by atoms with Crippen molar-refractivity contribution in [1.29, 1.82) is 0 Å². The molecule has 0 aromatic heterocycles. The number of para-hydroxylation sites is 2. The van der Waals surface area contributed by atoms with Gasteiger partial charge in [-0.05, 0) is 42.2 Å². The molecule has 0 radical (unpaired) electrons. The van der Waals surface area contributed by atoms with Crippen molar-refractivity contribution in [3.63, 3.8) is 0 Å². The standard InChI is InChI=1S/C17H25NO3/c1-16(2)11-8-14(16)17(20,15(19)9-11)10-18-12-6-4-5-7-13(12)21-3/h4-7,11,14-15,18-20H,8-10H2,1-3H3/t11-,14-,15+,17-/m1/s1. The van der Waals surface area contributed by atoms with Crippen LogP contribution in [0.1, 0.15) is 26.7 Å². The minimum absolute atomic E-state index is 0.108. The van der Waals surface area contributed by atoms with Gasteiger partial charge in [-0.15, -0.1) is 0 Å². The van der Waals surface area contributed by atoms with Crippen LogP contribution in [-0.4, -0.2) is 35.6 Å². The number of ether oxygens (including phenoxy) is 1. The summed E-state index contributed by atoms with van der Waals surface area (Å²) in [6, 6.07) is 7.64. The van der Waals surface area contributed by atoms with Gasteiger partial charge in [0.1, 0.15) is 11.4 Å². The van der Waals surface area contributed by atoms with Crippen LogP contribution in [0.2, 0.25) is 0 Å². The lowest BCUT2D eigenvalue weighted by molar-refractivity contribution is -0.247. The second-order valence-corrected chi connectivity index (χ2v) is 7.10. The molecule has 4 rings (SSSR count). The summed E-state index contributed by atoms with van der Waals surface area (Å²) in [6.45, 7) is 4.74. The van der Waals surface area contributed by atoms with Crippen molar-refractivity contribution in [2.75, 3.05) is 19.0 Å². The van der Waals surface area contributed by atoms with Gasteiger partial charge in [0.2, 0.25) is 0 Å². The first-order valence-electron chi connectivity index (χ1n) is 7.67. The van der Waals surface area contributed by atoms with Crippen molar-refractivity contribution in [2.24, 2.45) is 17.3 Å². The molecule has 3 aliphatic rings. The van der Waals surface area contributed by atoms with Gasteiger partial charge < -0.3 is 20.3 Å². The SMILES string of the molecule is COc1ccccc1NC[C@@]1(O)[C@@H]2C[C@H](C[C@@H]1O)C2(C)C. The molecule has 2 bridgehead atoms. The van der Waals surface area contributed by atoms with E-state index in [1.807, 2.05) is 24.3 Å². The molecule has 0 aliphatic heterocycles. The monoisotopic (exact) mass is 291 g/mol. The zero-order chi connectivity index (χ0) is 15.3. The number of hydrogen-bond donors (Lipinski definition) is 3. The molecule has 0 amide bonds. The van der Waals surface area contributed by atoms with Crippen molar-refractivity contribution in [3.8, 4) is 5.75 Å². The van der Waals surface area contributed by atoms with E-state index in [2.05, 4.69) is 19.2 Å². The van der Waals surface area contributed by atoms with Crippen molar-refractivity contribution < 1.29 is 14.9 Å². The minimum Gasteiger partial charge on any atom is -0.495 e. The number of hydrogen-bond acceptors (Lipinski definition) is 4. The summed E-state index contributed by atoms with van der Waals surface area (Å²) in [5.74, 6) is 1.42. The van der Waals surface area contributed by atoms with Crippen LogP contribution in [0.4, 0.5) is 5.69 Å². The fourth-order valence-electron chi connectivity index (χ4n) is 4.24. The second kappa shape index (κ2) is 4.89. The van der Waals surface area contributed by atoms with Crippen molar-refractivity contribution in [1.82, 2.24) is 0 Å². The average molecular weight is 291 g/mol. The molecule has 116 valence electrons. The molecule has 3 aliphatic carbocycles. The highest BCUT2D eigenvalue weighted by Gasteiger charge is 2.64. The van der Waals surface area contributed by atoms with Crippen LogP contribution >= 0.6 is 0 Å². The Hall–Kier alpha value is -1.26. The fraction of sp³-hybridized carbons (Fsp3) is 0.647. The third kappa shape index (κ3) is 2.12. The van der Waals surface area contributed by atoms with E-state index in [-0.39, 0.29) is 11.3 Å². The van der Waals surface area contributed by atoms with Crippen LogP contribution in [0.3, 0.4) is 0 Å². The Balaban J connectivity index is 1.77. The highest BCUT2D eigenvalue weighted by molar-refractivity contribution is 5.56. The maximum atomic E-state index is 11.1. The van der Waals surface area contributed by atoms with Gasteiger partial charge in [-0.3, -0.25) is 0 Å². The smallest absolute Gasteiger partial charge is 0.141 e. The van der Waals surface area contributed by atoms with Crippen LogP contribution in [0.15, 0.2) is 24.3 Å².